The molecule has 2 atom stereocenters. The number of nitrogens with zero attached hydrogens (tertiary/aromatic N) is 2. The fourth-order valence-corrected chi connectivity index (χ4v) is 7.02. The molecular formula is C2H6Cl5N2OP3. The van der Waals surface area contributed by atoms with E-state index >= 15 is 0 Å². The molecule has 0 heterocycles. The van der Waals surface area contributed by atoms with Crippen LogP contribution in [0, 0.1) is 0 Å². The predicted molar refractivity (Wildman–Crippen MR) is 67.3 cm³/mol. The predicted octanol–water partition coefficient (Wildman–Crippen LogP) is 6.12. The second-order valence-electron chi connectivity index (χ2n) is 1.48. The Labute approximate surface area is 104 Å². The van der Waals surface area contributed by atoms with E-state index in [1.807, 2.05) is 6.92 Å². The van der Waals surface area contributed by atoms with E-state index in [0.717, 1.165) is 3.96 Å². The molecule has 2 unspecified atom stereocenters. The molecule has 0 aliphatic carbocycles. The van der Waals surface area contributed by atoms with Crippen LogP contribution in [0.25, 0.3) is 0 Å². The van der Waals surface area contributed by atoms with Crippen LogP contribution in [0.4, 0.5) is 0 Å². The van der Waals surface area contributed by atoms with Gasteiger partial charge in [0.25, 0.3) is 0 Å². The molecule has 0 aliphatic heterocycles. The molecular weight excluding hydrogens is 338 g/mol. The fraction of sp³-hybridized carbons (Fsp3) is 1.00. The lowest BCUT2D eigenvalue weighted by Crippen LogP contribution is -1.84. The van der Waals surface area contributed by atoms with Crippen LogP contribution in [0.2, 0.25) is 0 Å². The summed E-state index contributed by atoms with van der Waals surface area (Å²) in [5.74, 6) is 0. The monoisotopic (exact) mass is 342 g/mol. The standard InChI is InChI=1S/C2H6Cl5N2OP3/c1-2-10-13(7)8-12(6)9(3)11(4)5/h13H,2H2,1H3. The molecule has 0 aromatic rings. The molecule has 0 aromatic heterocycles. The van der Waals surface area contributed by atoms with Crippen LogP contribution < -0.4 is 0 Å². The van der Waals surface area contributed by atoms with Gasteiger partial charge in [-0.3, -0.25) is 0 Å². The van der Waals surface area contributed by atoms with Gasteiger partial charge in [-0.15, -0.1) is 3.96 Å². The largest absolute Gasteiger partial charge is 0.335 e. The van der Waals surface area contributed by atoms with Crippen molar-refractivity contribution in [3.05, 3.63) is 0 Å². The van der Waals surface area contributed by atoms with Crippen molar-refractivity contribution < 1.29 is 4.52 Å². The first kappa shape index (κ1) is 15.5. The van der Waals surface area contributed by atoms with Crippen LogP contribution in [-0.4, -0.2) is 10.6 Å². The number of hydrogen-bond acceptors (Lipinski definition) is 3. The molecule has 0 rings (SSSR count). The molecule has 11 heteroatoms. The molecule has 13 heavy (non-hydrogen) atoms. The van der Waals surface area contributed by atoms with Gasteiger partial charge in [0.05, 0.1) is 6.61 Å². The van der Waals surface area contributed by atoms with Crippen LogP contribution in [-0.2, 0) is 4.52 Å². The highest BCUT2D eigenvalue weighted by Crippen LogP contribution is 2.68. The first-order chi connectivity index (χ1) is 5.99. The van der Waals surface area contributed by atoms with E-state index in [9.17, 15) is 0 Å². The van der Waals surface area contributed by atoms with Crippen LogP contribution in [0.5, 0.6) is 0 Å². The topological polar surface area (TPSA) is 24.8 Å². The van der Waals surface area contributed by atoms with Gasteiger partial charge in [-0.25, -0.2) is 4.52 Å². The highest BCUT2D eigenvalue weighted by Gasteiger charge is 2.20. The van der Waals surface area contributed by atoms with Crippen molar-refractivity contribution in [3.8, 4) is 0 Å². The van der Waals surface area contributed by atoms with Crippen LogP contribution in [0.3, 0.4) is 0 Å². The summed E-state index contributed by atoms with van der Waals surface area (Å²) in [5, 5.41) is 0. The van der Waals surface area contributed by atoms with E-state index < -0.39 is 21.6 Å². The van der Waals surface area contributed by atoms with E-state index in [-0.39, 0.29) is 0 Å². The van der Waals surface area contributed by atoms with Crippen molar-refractivity contribution >= 4 is 78.4 Å². The zero-order chi connectivity index (χ0) is 10.4. The average Bonchev–Trinajstić information content (AvgIpc) is 2.03. The van der Waals surface area contributed by atoms with E-state index in [1.54, 1.807) is 0 Å². The van der Waals surface area contributed by atoms with Crippen molar-refractivity contribution in [2.45, 2.75) is 6.92 Å². The van der Waals surface area contributed by atoms with Gasteiger partial charge in [0.15, 0.2) is 14.1 Å². The summed E-state index contributed by atoms with van der Waals surface area (Å²) in [6.07, 6.45) is 0. The fourth-order valence-electron chi connectivity index (χ4n) is 0.306. The Morgan fingerprint density at radius 2 is 2.00 bits per heavy atom. The summed E-state index contributed by atoms with van der Waals surface area (Å²) >= 11 is 28.1. The van der Waals surface area contributed by atoms with E-state index in [0.29, 0.717) is 6.61 Å². The molecule has 0 radical (unpaired) electrons. The second kappa shape index (κ2) is 8.59. The summed E-state index contributed by atoms with van der Waals surface area (Å²) in [7, 11) is -3.24. The van der Waals surface area contributed by atoms with Crippen molar-refractivity contribution in [1.29, 1.82) is 0 Å². The smallest absolute Gasteiger partial charge is 0.210 e. The summed E-state index contributed by atoms with van der Waals surface area (Å²) in [6.45, 7) is 0.807. The zero-order valence-electron chi connectivity index (χ0n) is 6.29. The number of hydrogen-bond donors (Lipinski definition) is 0. The Morgan fingerprint density at radius 3 is 2.38 bits per heavy atom. The Morgan fingerprint density at radius 1 is 1.46 bits per heavy atom. The molecule has 0 fully saturated rings. The summed E-state index contributed by atoms with van der Waals surface area (Å²) < 4.78 is 9.97. The third-order valence-corrected chi connectivity index (χ3v) is 9.65. The average molecular weight is 344 g/mol. The minimum atomic E-state index is -1.76. The van der Waals surface area contributed by atoms with Crippen molar-refractivity contribution in [1.82, 2.24) is 3.96 Å². The van der Waals surface area contributed by atoms with E-state index in [4.69, 9.17) is 61.3 Å². The van der Waals surface area contributed by atoms with Crippen LogP contribution >= 0.6 is 78.4 Å². The minimum absolute atomic E-state index is 0.486. The van der Waals surface area contributed by atoms with Crippen LogP contribution in [0.1, 0.15) is 6.92 Å². The second-order valence-corrected chi connectivity index (χ2v) is 10.2. The maximum atomic E-state index is 5.76. The lowest BCUT2D eigenvalue weighted by atomic mass is 10.9. The Hall–Kier alpha value is 2.46. The molecule has 0 aromatic carbocycles. The Bertz CT molecular complexity index is 181. The van der Waals surface area contributed by atoms with Crippen molar-refractivity contribution in [2.24, 2.45) is 4.52 Å². The lowest BCUT2D eigenvalue weighted by Gasteiger charge is -2.15. The molecule has 3 nitrogen and oxygen atoms in total. The number of rotatable bonds is 5. The Kier molecular flexibility index (Phi) is 10.2. The molecule has 0 spiro atoms. The maximum Gasteiger partial charge on any atom is 0.210 e. The third kappa shape index (κ3) is 7.36. The van der Waals surface area contributed by atoms with Crippen molar-refractivity contribution in [2.75, 3.05) is 6.61 Å². The van der Waals surface area contributed by atoms with Gasteiger partial charge >= 0.3 is 0 Å². The first-order valence-corrected chi connectivity index (χ1v) is 10.9. The maximum absolute atomic E-state index is 5.76. The van der Waals surface area contributed by atoms with E-state index in [1.165, 1.54) is 0 Å². The van der Waals surface area contributed by atoms with Crippen molar-refractivity contribution in [3.63, 3.8) is 0 Å². The molecule has 80 valence electrons. The first-order valence-electron chi connectivity index (χ1n) is 2.89. The molecule has 0 bridgehead atoms. The van der Waals surface area contributed by atoms with E-state index in [2.05, 4.69) is 4.52 Å². The quantitative estimate of drug-likeness (QED) is 0.444. The van der Waals surface area contributed by atoms with Gasteiger partial charge in [-0.05, 0) is 29.9 Å². The number of halogens is 5. The van der Waals surface area contributed by atoms with Gasteiger partial charge in [-0.1, -0.05) is 33.7 Å². The van der Waals surface area contributed by atoms with Gasteiger partial charge < -0.3 is 4.52 Å². The molecule has 0 saturated carbocycles. The molecule has 0 N–H and O–H groups in total. The summed E-state index contributed by atoms with van der Waals surface area (Å²) in [6, 6.07) is 0. The zero-order valence-corrected chi connectivity index (χ0v) is 12.9. The molecule has 0 amide bonds. The summed E-state index contributed by atoms with van der Waals surface area (Å²) in [4.78, 5) is 0. The van der Waals surface area contributed by atoms with Gasteiger partial charge in [0.2, 0.25) is 7.58 Å². The highest BCUT2D eigenvalue weighted by atomic mass is 35.9. The minimum Gasteiger partial charge on any atom is -0.335 e. The van der Waals surface area contributed by atoms with Gasteiger partial charge in [0, 0.05) is 0 Å². The third-order valence-electron chi connectivity index (χ3n) is 0.686. The highest BCUT2D eigenvalue weighted by molar-refractivity contribution is 8.08. The molecule has 0 aliphatic rings. The van der Waals surface area contributed by atoms with Crippen LogP contribution in [0.15, 0.2) is 4.52 Å². The normalized spacial score (nSPS) is 16.9. The van der Waals surface area contributed by atoms with Gasteiger partial charge in [0.1, 0.15) is 0 Å². The SMILES string of the molecule is CCO/[PH](Cl)=N/P(Cl)N(Cl)P(Cl)Cl. The Balaban J connectivity index is 4.10. The van der Waals surface area contributed by atoms with Gasteiger partial charge in [-0.2, -0.15) is 0 Å². The lowest BCUT2D eigenvalue weighted by molar-refractivity contribution is 0.391. The molecule has 0 saturated heterocycles. The summed E-state index contributed by atoms with van der Waals surface area (Å²) in [5.41, 5.74) is 0.